The Morgan fingerprint density at radius 2 is 1.91 bits per heavy atom. The largest absolute Gasteiger partial charge is 0.508 e. The smallest absolute Gasteiger partial charge is 0.165 e. The molecular weight excluding hydrogens is 553 g/mol. The molecule has 0 aromatic heterocycles. The lowest BCUT2D eigenvalue weighted by Gasteiger charge is -2.46. The molecule has 6 nitrogen and oxygen atoms in total. The van der Waals surface area contributed by atoms with E-state index in [1.54, 1.807) is 25.3 Å². The summed E-state index contributed by atoms with van der Waals surface area (Å²) >= 11 is 0. The second-order valence-corrected chi connectivity index (χ2v) is 12.9. The number of phenolic OH excluding ortho intramolecular Hbond substituents is 1. The minimum Gasteiger partial charge on any atom is -0.508 e. The van der Waals surface area contributed by atoms with Crippen molar-refractivity contribution in [1.82, 2.24) is 10.2 Å². The SMILES string of the molecule is C=C1CC(NCCOc2ccc(CN(CC)c3cc(OC)ccc3C3CCc4cc(O)ccc4C3)cc2F)CC(C)(C)N1C. The van der Waals surface area contributed by atoms with Crippen LogP contribution in [0.4, 0.5) is 10.1 Å². The van der Waals surface area contributed by atoms with Crippen molar-refractivity contribution >= 4 is 5.69 Å². The van der Waals surface area contributed by atoms with E-state index in [1.807, 2.05) is 24.3 Å². The number of benzene rings is 3. The number of phenols is 1. The van der Waals surface area contributed by atoms with Crippen molar-refractivity contribution in [3.63, 3.8) is 0 Å². The summed E-state index contributed by atoms with van der Waals surface area (Å²) in [5, 5.41) is 13.5. The number of nitrogens with zero attached hydrogens (tertiary/aromatic N) is 2. The Morgan fingerprint density at radius 1 is 1.09 bits per heavy atom. The van der Waals surface area contributed by atoms with E-state index in [-0.39, 0.29) is 17.1 Å². The highest BCUT2D eigenvalue weighted by atomic mass is 19.1. The fourth-order valence-corrected chi connectivity index (χ4v) is 6.85. The number of halogens is 1. The Labute approximate surface area is 262 Å². The number of nitrogens with one attached hydrogen (secondary N) is 1. The number of anilines is 1. The van der Waals surface area contributed by atoms with Gasteiger partial charge in [0.15, 0.2) is 11.6 Å². The van der Waals surface area contributed by atoms with E-state index in [2.05, 4.69) is 61.6 Å². The molecule has 0 bridgehead atoms. The Bertz CT molecular complexity index is 1470. The van der Waals surface area contributed by atoms with Gasteiger partial charge in [0, 0.05) is 62.1 Å². The van der Waals surface area contributed by atoms with Crippen LogP contribution in [-0.2, 0) is 19.4 Å². The van der Waals surface area contributed by atoms with Crippen molar-refractivity contribution in [1.29, 1.82) is 0 Å². The molecule has 0 saturated carbocycles. The second kappa shape index (κ2) is 13.5. The number of hydrogen-bond donors (Lipinski definition) is 2. The molecule has 1 saturated heterocycles. The molecule has 0 amide bonds. The second-order valence-electron chi connectivity index (χ2n) is 12.9. The maximum Gasteiger partial charge on any atom is 0.165 e. The van der Waals surface area contributed by atoms with Crippen LogP contribution in [0.3, 0.4) is 0 Å². The van der Waals surface area contributed by atoms with Gasteiger partial charge in [0.1, 0.15) is 18.1 Å². The minimum atomic E-state index is -0.342. The molecule has 1 aliphatic heterocycles. The molecule has 2 aliphatic rings. The Hall–Kier alpha value is -3.71. The zero-order valence-electron chi connectivity index (χ0n) is 27.0. The van der Waals surface area contributed by atoms with Gasteiger partial charge in [-0.1, -0.05) is 24.8 Å². The van der Waals surface area contributed by atoms with Gasteiger partial charge < -0.3 is 29.7 Å². The average molecular weight is 602 g/mol. The Balaban J connectivity index is 1.23. The van der Waals surface area contributed by atoms with E-state index < -0.39 is 0 Å². The topological polar surface area (TPSA) is 57.2 Å². The van der Waals surface area contributed by atoms with Crippen LogP contribution >= 0.6 is 0 Å². The molecule has 0 radical (unpaired) electrons. The van der Waals surface area contributed by atoms with E-state index in [0.29, 0.717) is 37.4 Å². The number of ether oxygens (including phenoxy) is 2. The van der Waals surface area contributed by atoms with Gasteiger partial charge in [-0.25, -0.2) is 4.39 Å². The van der Waals surface area contributed by atoms with Crippen LogP contribution in [0, 0.1) is 5.82 Å². The standard InChI is InChI=1S/C37H48FN3O3/c1-7-41(35-22-32(43-6)13-14-33(35)29-10-9-28-21-31(42)12-11-27(28)20-29)24-26-8-15-36(34(38)19-26)44-17-16-39-30-18-25(2)40(5)37(3,4)23-30/h8,11-15,19,21-22,29-30,39,42H,2,7,9-10,16-18,20,23-24H2,1,3-6H3. The summed E-state index contributed by atoms with van der Waals surface area (Å²) in [4.78, 5) is 4.55. The monoisotopic (exact) mass is 601 g/mol. The predicted molar refractivity (Wildman–Crippen MR) is 176 cm³/mol. The molecule has 1 heterocycles. The highest BCUT2D eigenvalue weighted by Crippen LogP contribution is 2.40. The predicted octanol–water partition coefficient (Wildman–Crippen LogP) is 7.19. The third-order valence-corrected chi connectivity index (χ3v) is 9.59. The van der Waals surface area contributed by atoms with E-state index in [1.165, 1.54) is 16.7 Å². The summed E-state index contributed by atoms with van der Waals surface area (Å²) in [6.07, 6.45) is 4.79. The molecule has 3 aromatic carbocycles. The molecule has 5 rings (SSSR count). The van der Waals surface area contributed by atoms with Crippen LogP contribution < -0.4 is 19.7 Å². The Kier molecular flexibility index (Phi) is 9.74. The molecule has 2 N–H and O–H groups in total. The lowest BCUT2D eigenvalue weighted by atomic mass is 9.79. The first-order chi connectivity index (χ1) is 21.1. The van der Waals surface area contributed by atoms with Crippen molar-refractivity contribution in [3.8, 4) is 17.2 Å². The van der Waals surface area contributed by atoms with Crippen molar-refractivity contribution in [2.45, 2.75) is 76.9 Å². The molecule has 7 heteroatoms. The van der Waals surface area contributed by atoms with E-state index in [4.69, 9.17) is 9.47 Å². The lowest BCUT2D eigenvalue weighted by Crippen LogP contribution is -2.51. The molecule has 1 aliphatic carbocycles. The maximum atomic E-state index is 15.2. The Morgan fingerprint density at radius 3 is 2.64 bits per heavy atom. The van der Waals surface area contributed by atoms with Crippen LogP contribution in [0.15, 0.2) is 66.9 Å². The first-order valence-corrected chi connectivity index (χ1v) is 15.9. The quantitative estimate of drug-likeness (QED) is 0.227. The van der Waals surface area contributed by atoms with Gasteiger partial charge >= 0.3 is 0 Å². The van der Waals surface area contributed by atoms with Gasteiger partial charge in [-0.3, -0.25) is 0 Å². The third-order valence-electron chi connectivity index (χ3n) is 9.59. The summed E-state index contributed by atoms with van der Waals surface area (Å²) in [5.74, 6) is 1.42. The van der Waals surface area contributed by atoms with Gasteiger partial charge in [-0.05, 0) is 105 Å². The molecule has 44 heavy (non-hydrogen) atoms. The number of aryl methyl sites for hydroxylation is 1. The third kappa shape index (κ3) is 7.15. The number of fused-ring (bicyclic) bond motifs is 1. The van der Waals surface area contributed by atoms with Gasteiger partial charge in [-0.2, -0.15) is 0 Å². The summed E-state index contributed by atoms with van der Waals surface area (Å²) < 4.78 is 26.7. The first-order valence-electron chi connectivity index (χ1n) is 15.9. The molecule has 0 spiro atoms. The lowest BCUT2D eigenvalue weighted by molar-refractivity contribution is 0.126. The number of rotatable bonds is 11. The van der Waals surface area contributed by atoms with E-state index in [0.717, 1.165) is 61.3 Å². The molecule has 236 valence electrons. The van der Waals surface area contributed by atoms with Crippen molar-refractivity contribution in [2.24, 2.45) is 0 Å². The fourth-order valence-electron chi connectivity index (χ4n) is 6.85. The van der Waals surface area contributed by atoms with Crippen molar-refractivity contribution < 1.29 is 19.0 Å². The minimum absolute atomic E-state index is 0.0561. The highest BCUT2D eigenvalue weighted by molar-refractivity contribution is 5.60. The van der Waals surface area contributed by atoms with Gasteiger partial charge in [0.05, 0.1) is 7.11 Å². The molecule has 3 aromatic rings. The van der Waals surface area contributed by atoms with Crippen LogP contribution in [0.25, 0.3) is 0 Å². The van der Waals surface area contributed by atoms with Gasteiger partial charge in [0.2, 0.25) is 0 Å². The zero-order chi connectivity index (χ0) is 31.4. The van der Waals surface area contributed by atoms with Crippen molar-refractivity contribution in [3.05, 3.63) is 94.9 Å². The number of hydrogen-bond acceptors (Lipinski definition) is 6. The van der Waals surface area contributed by atoms with Gasteiger partial charge in [-0.15, -0.1) is 0 Å². The average Bonchev–Trinajstić information content (AvgIpc) is 3.00. The summed E-state index contributed by atoms with van der Waals surface area (Å²) in [7, 11) is 3.79. The maximum absolute atomic E-state index is 15.2. The zero-order valence-corrected chi connectivity index (χ0v) is 27.0. The molecule has 2 unspecified atom stereocenters. The molecule has 2 atom stereocenters. The number of likely N-dealkylation sites (tertiary alicyclic amines) is 1. The van der Waals surface area contributed by atoms with E-state index >= 15 is 4.39 Å². The molecule has 1 fully saturated rings. The van der Waals surface area contributed by atoms with Gasteiger partial charge in [0.25, 0.3) is 0 Å². The molecular formula is C37H48FN3O3. The number of aromatic hydroxyl groups is 1. The summed E-state index contributed by atoms with van der Waals surface area (Å²) in [6.45, 7) is 13.2. The summed E-state index contributed by atoms with van der Waals surface area (Å²) in [6, 6.07) is 17.7. The van der Waals surface area contributed by atoms with Crippen LogP contribution in [0.2, 0.25) is 0 Å². The van der Waals surface area contributed by atoms with Crippen LogP contribution in [-0.4, -0.2) is 55.4 Å². The normalized spacial score (nSPS) is 19.4. The fraction of sp³-hybridized carbons (Fsp3) is 0.459. The first kappa shape index (κ1) is 31.7. The highest BCUT2D eigenvalue weighted by Gasteiger charge is 2.33. The van der Waals surface area contributed by atoms with Crippen molar-refractivity contribution in [2.75, 3.05) is 38.8 Å². The van der Waals surface area contributed by atoms with Crippen LogP contribution in [0.5, 0.6) is 17.2 Å². The number of piperidine rings is 1. The van der Waals surface area contributed by atoms with E-state index in [9.17, 15) is 5.11 Å². The number of methoxy groups -OCH3 is 1. The van der Waals surface area contributed by atoms with Crippen LogP contribution in [0.1, 0.15) is 68.2 Å². The summed E-state index contributed by atoms with van der Waals surface area (Å²) in [5.41, 5.74) is 6.99.